The van der Waals surface area contributed by atoms with E-state index < -0.39 is 0 Å². The molecular formula is C23H22N4O2. The normalized spacial score (nSPS) is 16.1. The average molecular weight is 386 g/mol. The number of hydrogen-bond donors (Lipinski definition) is 2. The molecule has 2 N–H and O–H groups in total. The largest absolute Gasteiger partial charge is 0.497 e. The summed E-state index contributed by atoms with van der Waals surface area (Å²) in [5.74, 6) is 1.04. The van der Waals surface area contributed by atoms with E-state index in [-0.39, 0.29) is 11.9 Å². The molecule has 0 saturated carbocycles. The van der Waals surface area contributed by atoms with Crippen molar-refractivity contribution in [1.29, 1.82) is 0 Å². The van der Waals surface area contributed by atoms with E-state index in [0.717, 1.165) is 34.6 Å². The maximum Gasteiger partial charge on any atom is 0.290 e. The first-order chi connectivity index (χ1) is 14.2. The van der Waals surface area contributed by atoms with E-state index in [9.17, 15) is 4.79 Å². The van der Waals surface area contributed by atoms with Crippen LogP contribution in [-0.2, 0) is 6.42 Å². The summed E-state index contributed by atoms with van der Waals surface area (Å²) in [4.78, 5) is 26.2. The molecule has 5 rings (SSSR count). The van der Waals surface area contributed by atoms with Gasteiger partial charge in [-0.25, -0.2) is 4.98 Å². The summed E-state index contributed by atoms with van der Waals surface area (Å²) < 4.78 is 5.44. The van der Waals surface area contributed by atoms with Gasteiger partial charge >= 0.3 is 0 Å². The Morgan fingerprint density at radius 3 is 2.83 bits per heavy atom. The summed E-state index contributed by atoms with van der Waals surface area (Å²) in [5, 5.41) is 1.22. The molecule has 0 radical (unpaired) electrons. The van der Waals surface area contributed by atoms with Crippen LogP contribution in [-0.4, -0.2) is 39.4 Å². The lowest BCUT2D eigenvalue weighted by atomic mass is 9.92. The first-order valence-corrected chi connectivity index (χ1v) is 9.71. The van der Waals surface area contributed by atoms with Crippen molar-refractivity contribution in [2.24, 2.45) is 0 Å². The van der Waals surface area contributed by atoms with Gasteiger partial charge in [0.2, 0.25) is 0 Å². The Labute approximate surface area is 168 Å². The number of methoxy groups -OCH3 is 1. The maximum absolute atomic E-state index is 13.4. The molecule has 2 aromatic carbocycles. The van der Waals surface area contributed by atoms with Crippen LogP contribution in [0.1, 0.15) is 39.2 Å². The maximum atomic E-state index is 13.4. The summed E-state index contributed by atoms with van der Waals surface area (Å²) in [5.41, 5.74) is 5.30. The van der Waals surface area contributed by atoms with Gasteiger partial charge in [-0.05, 0) is 42.7 Å². The van der Waals surface area contributed by atoms with E-state index in [1.165, 1.54) is 10.9 Å². The van der Waals surface area contributed by atoms with Gasteiger partial charge < -0.3 is 19.6 Å². The number of aromatic nitrogens is 3. The number of nitrogens with zero attached hydrogens (tertiary/aromatic N) is 2. The number of H-pyrrole nitrogens is 2. The molecule has 6 nitrogen and oxygen atoms in total. The van der Waals surface area contributed by atoms with E-state index >= 15 is 0 Å². The Morgan fingerprint density at radius 2 is 2.03 bits per heavy atom. The van der Waals surface area contributed by atoms with Crippen molar-refractivity contribution in [3.05, 3.63) is 83.1 Å². The first kappa shape index (κ1) is 17.6. The van der Waals surface area contributed by atoms with Gasteiger partial charge in [-0.2, -0.15) is 0 Å². The van der Waals surface area contributed by atoms with E-state index in [0.29, 0.717) is 12.4 Å². The van der Waals surface area contributed by atoms with Gasteiger partial charge in [0.05, 0.1) is 13.2 Å². The number of imidazole rings is 1. The highest BCUT2D eigenvalue weighted by atomic mass is 16.5. The fourth-order valence-corrected chi connectivity index (χ4v) is 4.28. The standard InChI is InChI=1S/C23H22N4O2/c1-14-13-24-22(25-14)23(28)27-11-10-18-17-8-3-4-9-19(17)26-20(18)21(27)15-6-5-7-16(12-15)29-2/h3-9,12-13,21,26H,10-11H2,1-2H3,(H,24,25)/t21-/m0/s1. The highest BCUT2D eigenvalue weighted by Gasteiger charge is 2.36. The SMILES string of the molecule is COc1cccc([C@H]2c3[nH]c4ccccc4c3CCN2C(=O)c2ncc(C)[nH]2)c1. The molecule has 1 aliphatic heterocycles. The Kier molecular flexibility index (Phi) is 4.12. The zero-order valence-electron chi connectivity index (χ0n) is 16.4. The molecular weight excluding hydrogens is 364 g/mol. The van der Waals surface area contributed by atoms with Crippen molar-refractivity contribution in [3.8, 4) is 5.75 Å². The molecule has 1 aliphatic rings. The zero-order valence-corrected chi connectivity index (χ0v) is 16.4. The second-order valence-electron chi connectivity index (χ2n) is 7.41. The van der Waals surface area contributed by atoms with Crippen molar-refractivity contribution in [2.45, 2.75) is 19.4 Å². The third kappa shape index (κ3) is 2.88. The number of ether oxygens (including phenoxy) is 1. The van der Waals surface area contributed by atoms with Crippen molar-refractivity contribution in [1.82, 2.24) is 19.9 Å². The molecule has 2 aromatic heterocycles. The van der Waals surface area contributed by atoms with Gasteiger partial charge in [0.25, 0.3) is 5.91 Å². The van der Waals surface area contributed by atoms with Crippen molar-refractivity contribution in [3.63, 3.8) is 0 Å². The number of para-hydroxylation sites is 1. The molecule has 4 aromatic rings. The number of amides is 1. The highest BCUT2D eigenvalue weighted by Crippen LogP contribution is 2.39. The van der Waals surface area contributed by atoms with Crippen LogP contribution in [0.15, 0.2) is 54.7 Å². The summed E-state index contributed by atoms with van der Waals surface area (Å²) in [6, 6.07) is 16.0. The number of aromatic amines is 2. The number of carbonyl (C=O) groups excluding carboxylic acids is 1. The van der Waals surface area contributed by atoms with Gasteiger partial charge in [-0.15, -0.1) is 0 Å². The topological polar surface area (TPSA) is 74.0 Å². The Bertz CT molecular complexity index is 1210. The van der Waals surface area contributed by atoms with Crippen LogP contribution in [0.4, 0.5) is 0 Å². The Morgan fingerprint density at radius 1 is 1.17 bits per heavy atom. The summed E-state index contributed by atoms with van der Waals surface area (Å²) in [6.45, 7) is 2.52. The van der Waals surface area contributed by atoms with E-state index in [1.54, 1.807) is 13.3 Å². The minimum atomic E-state index is -0.237. The van der Waals surface area contributed by atoms with E-state index in [1.807, 2.05) is 42.2 Å². The van der Waals surface area contributed by atoms with E-state index in [4.69, 9.17) is 4.74 Å². The fraction of sp³-hybridized carbons (Fsp3) is 0.217. The van der Waals surface area contributed by atoms with Gasteiger partial charge in [0, 0.05) is 35.0 Å². The predicted octanol–water partition coefficient (Wildman–Crippen LogP) is 4.00. The molecule has 29 heavy (non-hydrogen) atoms. The molecule has 0 fully saturated rings. The van der Waals surface area contributed by atoms with Gasteiger partial charge in [-0.1, -0.05) is 30.3 Å². The van der Waals surface area contributed by atoms with Crippen molar-refractivity contribution >= 4 is 16.8 Å². The lowest BCUT2D eigenvalue weighted by Crippen LogP contribution is -2.41. The number of carbonyl (C=O) groups is 1. The summed E-state index contributed by atoms with van der Waals surface area (Å²) in [7, 11) is 1.66. The van der Waals surface area contributed by atoms with E-state index in [2.05, 4.69) is 33.2 Å². The molecule has 0 aliphatic carbocycles. The quantitative estimate of drug-likeness (QED) is 0.559. The van der Waals surface area contributed by atoms with Gasteiger partial charge in [0.1, 0.15) is 5.75 Å². The number of benzene rings is 2. The number of nitrogens with one attached hydrogen (secondary N) is 2. The van der Waals surface area contributed by atoms with Crippen LogP contribution < -0.4 is 4.74 Å². The minimum absolute atomic E-state index is 0.102. The fourth-order valence-electron chi connectivity index (χ4n) is 4.28. The molecule has 1 amide bonds. The third-order valence-electron chi connectivity index (χ3n) is 5.61. The second kappa shape index (κ2) is 6.81. The molecule has 6 heteroatoms. The Hall–Kier alpha value is -3.54. The molecule has 0 saturated heterocycles. The van der Waals surface area contributed by atoms with Crippen molar-refractivity contribution < 1.29 is 9.53 Å². The number of aryl methyl sites for hydroxylation is 1. The Balaban J connectivity index is 1.67. The van der Waals surface area contributed by atoms with Crippen LogP contribution in [0.5, 0.6) is 5.75 Å². The predicted molar refractivity (Wildman–Crippen MR) is 111 cm³/mol. The lowest BCUT2D eigenvalue weighted by Gasteiger charge is -2.35. The smallest absolute Gasteiger partial charge is 0.290 e. The molecule has 0 unspecified atom stereocenters. The number of hydrogen-bond acceptors (Lipinski definition) is 3. The zero-order chi connectivity index (χ0) is 20.0. The molecule has 146 valence electrons. The van der Waals surface area contributed by atoms with Crippen LogP contribution in [0.25, 0.3) is 10.9 Å². The molecule has 0 spiro atoms. The minimum Gasteiger partial charge on any atom is -0.497 e. The van der Waals surface area contributed by atoms with Crippen LogP contribution >= 0.6 is 0 Å². The lowest BCUT2D eigenvalue weighted by molar-refractivity contribution is 0.0680. The van der Waals surface area contributed by atoms with Crippen molar-refractivity contribution in [2.75, 3.05) is 13.7 Å². The number of fused-ring (bicyclic) bond motifs is 3. The molecule has 0 bridgehead atoms. The van der Waals surface area contributed by atoms with Crippen LogP contribution in [0.2, 0.25) is 0 Å². The van der Waals surface area contributed by atoms with Crippen LogP contribution in [0.3, 0.4) is 0 Å². The third-order valence-corrected chi connectivity index (χ3v) is 5.61. The van der Waals surface area contributed by atoms with Crippen LogP contribution in [0, 0.1) is 6.92 Å². The highest BCUT2D eigenvalue weighted by molar-refractivity contribution is 5.92. The van der Waals surface area contributed by atoms with Gasteiger partial charge in [0.15, 0.2) is 5.82 Å². The number of rotatable bonds is 3. The van der Waals surface area contributed by atoms with Gasteiger partial charge in [-0.3, -0.25) is 4.79 Å². The summed E-state index contributed by atoms with van der Waals surface area (Å²) >= 11 is 0. The summed E-state index contributed by atoms with van der Waals surface area (Å²) in [6.07, 6.45) is 2.48. The first-order valence-electron chi connectivity index (χ1n) is 9.71. The monoisotopic (exact) mass is 386 g/mol. The molecule has 1 atom stereocenters. The molecule has 3 heterocycles. The average Bonchev–Trinajstić information content (AvgIpc) is 3.36. The second-order valence-corrected chi connectivity index (χ2v) is 7.41.